The van der Waals surface area contributed by atoms with Gasteiger partial charge in [-0.1, -0.05) is 18.2 Å². The van der Waals surface area contributed by atoms with Crippen LogP contribution >= 0.6 is 0 Å². The number of nitrogen functional groups attached to an aromatic ring is 1. The molecule has 0 spiro atoms. The number of hydrogen-bond donors (Lipinski definition) is 1. The van der Waals surface area contributed by atoms with E-state index in [1.165, 1.54) is 28.8 Å². The van der Waals surface area contributed by atoms with Crippen molar-refractivity contribution in [2.45, 2.75) is 26.1 Å². The largest absolute Gasteiger partial charge is 0.397 e. The summed E-state index contributed by atoms with van der Waals surface area (Å²) in [5.74, 6) is -0.290. The molecule has 0 unspecified atom stereocenters. The molecule has 6 nitrogen and oxygen atoms in total. The Morgan fingerprint density at radius 2 is 1.71 bits per heavy atom. The molecule has 34 heavy (non-hydrogen) atoms. The van der Waals surface area contributed by atoms with Crippen LogP contribution in [0.3, 0.4) is 0 Å². The molecule has 5 rings (SSSR count). The number of benzene rings is 2. The van der Waals surface area contributed by atoms with Crippen molar-refractivity contribution >= 4 is 11.6 Å². The van der Waals surface area contributed by atoms with Crippen molar-refractivity contribution in [3.8, 4) is 11.3 Å². The smallest absolute Gasteiger partial charge is 0.229 e. The number of amides is 1. The summed E-state index contributed by atoms with van der Waals surface area (Å²) in [7, 11) is 2.17. The van der Waals surface area contributed by atoms with Gasteiger partial charge in [0.15, 0.2) is 0 Å². The number of carbonyl (C=O) groups is 1. The Bertz CT molecular complexity index is 1190. The van der Waals surface area contributed by atoms with E-state index in [4.69, 9.17) is 5.73 Å². The highest BCUT2D eigenvalue weighted by Crippen LogP contribution is 2.27. The molecule has 0 saturated carbocycles. The van der Waals surface area contributed by atoms with Gasteiger partial charge in [0.05, 0.1) is 23.5 Å². The maximum Gasteiger partial charge on any atom is 0.229 e. The van der Waals surface area contributed by atoms with Gasteiger partial charge >= 0.3 is 0 Å². The third-order valence-corrected chi connectivity index (χ3v) is 6.82. The van der Waals surface area contributed by atoms with E-state index in [0.717, 1.165) is 38.3 Å². The summed E-state index contributed by atoms with van der Waals surface area (Å²) in [5.41, 5.74) is 12.4. The van der Waals surface area contributed by atoms with Crippen LogP contribution in [0.5, 0.6) is 0 Å². The lowest BCUT2D eigenvalue weighted by Crippen LogP contribution is -2.43. The van der Waals surface area contributed by atoms with Crippen LogP contribution in [-0.4, -0.2) is 58.8 Å². The zero-order chi connectivity index (χ0) is 23.7. The maximum atomic E-state index is 13.3. The second kappa shape index (κ2) is 9.52. The van der Waals surface area contributed by atoms with Crippen molar-refractivity contribution in [1.29, 1.82) is 0 Å². The highest BCUT2D eigenvalue weighted by Gasteiger charge is 2.25. The van der Waals surface area contributed by atoms with Gasteiger partial charge in [-0.2, -0.15) is 0 Å². The molecule has 2 aliphatic heterocycles. The van der Waals surface area contributed by atoms with Gasteiger partial charge in [0.1, 0.15) is 5.82 Å². The number of carbonyl (C=O) groups excluding carboxylic acids is 1. The van der Waals surface area contributed by atoms with Crippen molar-refractivity contribution in [3.05, 3.63) is 82.8 Å². The lowest BCUT2D eigenvalue weighted by molar-refractivity contribution is -0.131. The van der Waals surface area contributed by atoms with Gasteiger partial charge in [-0.25, -0.2) is 4.39 Å². The minimum absolute atomic E-state index is 0.00674. The zero-order valence-corrected chi connectivity index (χ0v) is 19.5. The molecule has 2 N–H and O–H groups in total. The predicted molar refractivity (Wildman–Crippen MR) is 131 cm³/mol. The van der Waals surface area contributed by atoms with Crippen LogP contribution in [-0.2, 0) is 30.8 Å². The van der Waals surface area contributed by atoms with Crippen LogP contribution in [0.4, 0.5) is 10.1 Å². The normalized spacial score (nSPS) is 16.6. The number of nitrogens with two attached hydrogens (primary N) is 1. The summed E-state index contributed by atoms with van der Waals surface area (Å²) in [6.07, 6.45) is 0.142. The molecule has 0 atom stereocenters. The molecule has 1 fully saturated rings. The summed E-state index contributed by atoms with van der Waals surface area (Å²) in [6, 6.07) is 16.3. The van der Waals surface area contributed by atoms with Crippen molar-refractivity contribution in [2.24, 2.45) is 0 Å². The summed E-state index contributed by atoms with van der Waals surface area (Å²) in [4.78, 5) is 24.5. The topological polar surface area (TPSA) is 65.7 Å². The minimum atomic E-state index is -0.296. The first kappa shape index (κ1) is 22.5. The first-order valence-corrected chi connectivity index (χ1v) is 11.8. The molecule has 0 bridgehead atoms. The van der Waals surface area contributed by atoms with E-state index in [9.17, 15) is 9.18 Å². The number of halogens is 1. The third kappa shape index (κ3) is 4.95. The van der Waals surface area contributed by atoms with Crippen molar-refractivity contribution < 1.29 is 9.18 Å². The van der Waals surface area contributed by atoms with Gasteiger partial charge in [0, 0.05) is 51.4 Å². The SMILES string of the molecule is CN1CCN(Cc2ccc3c(c2)CN(C(=O)Cc2nc(-c4ccc(F)cc4)ccc2N)C3)CC1. The van der Waals surface area contributed by atoms with Gasteiger partial charge in [0.25, 0.3) is 0 Å². The molecular weight excluding hydrogens is 429 g/mol. The van der Waals surface area contributed by atoms with E-state index in [-0.39, 0.29) is 18.1 Å². The van der Waals surface area contributed by atoms with Crippen LogP contribution < -0.4 is 5.73 Å². The van der Waals surface area contributed by atoms with E-state index in [1.54, 1.807) is 24.3 Å². The number of anilines is 1. The number of nitrogens with zero attached hydrogens (tertiary/aromatic N) is 4. The second-order valence-electron chi connectivity index (χ2n) is 9.35. The lowest BCUT2D eigenvalue weighted by Gasteiger charge is -2.32. The standard InChI is InChI=1S/C27H30FN5O/c1-31-10-12-32(13-11-31)16-19-2-3-21-17-33(18-22(21)14-19)27(34)15-26-24(29)8-9-25(30-26)20-4-6-23(28)7-5-20/h2-9,14H,10-13,15-18,29H2,1H3. The Labute approximate surface area is 199 Å². The number of aromatic nitrogens is 1. The summed E-state index contributed by atoms with van der Waals surface area (Å²) < 4.78 is 13.3. The van der Waals surface area contributed by atoms with Gasteiger partial charge in [-0.15, -0.1) is 0 Å². The third-order valence-electron chi connectivity index (χ3n) is 6.82. The molecule has 1 aromatic heterocycles. The molecule has 1 saturated heterocycles. The predicted octanol–water partition coefficient (Wildman–Crippen LogP) is 3.30. The summed E-state index contributed by atoms with van der Waals surface area (Å²) in [6.45, 7) is 6.56. The van der Waals surface area contributed by atoms with Crippen LogP contribution in [0.1, 0.15) is 22.4 Å². The molecule has 2 aliphatic rings. The average molecular weight is 460 g/mol. The van der Waals surface area contributed by atoms with E-state index >= 15 is 0 Å². The van der Waals surface area contributed by atoms with Crippen LogP contribution in [0.25, 0.3) is 11.3 Å². The zero-order valence-electron chi connectivity index (χ0n) is 19.5. The Balaban J connectivity index is 1.24. The second-order valence-corrected chi connectivity index (χ2v) is 9.35. The average Bonchev–Trinajstić information content (AvgIpc) is 3.26. The Hall–Kier alpha value is -3.29. The fourth-order valence-electron chi connectivity index (χ4n) is 4.68. The molecule has 7 heteroatoms. The molecule has 0 radical (unpaired) electrons. The van der Waals surface area contributed by atoms with Gasteiger partial charge in [-0.05, 0) is 60.1 Å². The van der Waals surface area contributed by atoms with Crippen LogP contribution in [0.15, 0.2) is 54.6 Å². The highest BCUT2D eigenvalue weighted by molar-refractivity contribution is 5.81. The number of fused-ring (bicyclic) bond motifs is 1. The molecule has 3 heterocycles. The first-order valence-electron chi connectivity index (χ1n) is 11.8. The fourth-order valence-corrected chi connectivity index (χ4v) is 4.68. The van der Waals surface area contributed by atoms with E-state index in [0.29, 0.717) is 30.2 Å². The number of rotatable bonds is 5. The monoisotopic (exact) mass is 459 g/mol. The molecule has 1 amide bonds. The van der Waals surface area contributed by atoms with Crippen LogP contribution in [0.2, 0.25) is 0 Å². The molecule has 176 valence electrons. The quantitative estimate of drug-likeness (QED) is 0.634. The maximum absolute atomic E-state index is 13.3. The number of piperazine rings is 1. The molecule has 0 aliphatic carbocycles. The van der Waals surface area contributed by atoms with Crippen LogP contribution in [0, 0.1) is 5.82 Å². The van der Waals surface area contributed by atoms with Crippen molar-refractivity contribution in [2.75, 3.05) is 39.0 Å². The van der Waals surface area contributed by atoms with E-state index in [2.05, 4.69) is 40.0 Å². The van der Waals surface area contributed by atoms with Gasteiger partial charge in [-0.3, -0.25) is 14.7 Å². The lowest BCUT2D eigenvalue weighted by atomic mass is 10.1. The van der Waals surface area contributed by atoms with Crippen molar-refractivity contribution in [1.82, 2.24) is 19.7 Å². The van der Waals surface area contributed by atoms with Gasteiger partial charge < -0.3 is 15.5 Å². The molecule has 2 aromatic carbocycles. The van der Waals surface area contributed by atoms with Crippen molar-refractivity contribution in [3.63, 3.8) is 0 Å². The summed E-state index contributed by atoms with van der Waals surface area (Å²) in [5, 5.41) is 0. The Morgan fingerprint density at radius 3 is 2.47 bits per heavy atom. The van der Waals surface area contributed by atoms with E-state index < -0.39 is 0 Å². The summed E-state index contributed by atoms with van der Waals surface area (Å²) >= 11 is 0. The fraction of sp³-hybridized carbons (Fsp3) is 0.333. The van der Waals surface area contributed by atoms with E-state index in [1.807, 2.05) is 4.90 Å². The Kier molecular flexibility index (Phi) is 6.30. The highest BCUT2D eigenvalue weighted by atomic mass is 19.1. The molecular formula is C27H30FN5O. The Morgan fingerprint density at radius 1 is 0.971 bits per heavy atom. The number of likely N-dealkylation sites (N-methyl/N-ethyl adjacent to an activating group) is 1. The number of hydrogen-bond acceptors (Lipinski definition) is 5. The minimum Gasteiger partial charge on any atom is -0.397 e. The van der Waals surface area contributed by atoms with Gasteiger partial charge in [0.2, 0.25) is 5.91 Å². The molecule has 3 aromatic rings. The first-order chi connectivity index (χ1) is 16.4. The number of pyridine rings is 1.